The molecular formula is C26H24F3N5O4. The van der Waals surface area contributed by atoms with Crippen molar-refractivity contribution < 1.29 is 32.2 Å². The van der Waals surface area contributed by atoms with Crippen LogP contribution >= 0.6 is 0 Å². The highest BCUT2D eigenvalue weighted by Crippen LogP contribution is 2.35. The maximum Gasteiger partial charge on any atom is 0.418 e. The second-order valence-corrected chi connectivity index (χ2v) is 8.73. The number of nitrogens with one attached hydrogen (secondary N) is 2. The Labute approximate surface area is 216 Å². The number of aromatic nitrogens is 1. The fraction of sp³-hybridized carbons (Fsp3) is 0.269. The lowest BCUT2D eigenvalue weighted by molar-refractivity contribution is -0.136. The van der Waals surface area contributed by atoms with Gasteiger partial charge in [0.25, 0.3) is 5.91 Å². The number of anilines is 3. The third-order valence-electron chi connectivity index (χ3n) is 6.21. The molecular weight excluding hydrogens is 503 g/mol. The van der Waals surface area contributed by atoms with E-state index in [1.54, 1.807) is 35.2 Å². The first kappa shape index (κ1) is 25.2. The summed E-state index contributed by atoms with van der Waals surface area (Å²) in [7, 11) is 0. The molecule has 2 aliphatic heterocycles. The number of benzene rings is 2. The maximum atomic E-state index is 13.2. The quantitative estimate of drug-likeness (QED) is 0.505. The molecule has 198 valence electrons. The molecule has 38 heavy (non-hydrogen) atoms. The van der Waals surface area contributed by atoms with Gasteiger partial charge in [-0.1, -0.05) is 12.1 Å². The number of rotatable bonds is 4. The van der Waals surface area contributed by atoms with Crippen LogP contribution in [0, 0.1) is 0 Å². The first-order valence-electron chi connectivity index (χ1n) is 11.9. The predicted molar refractivity (Wildman–Crippen MR) is 134 cm³/mol. The Kier molecular flexibility index (Phi) is 6.95. The number of amides is 3. The van der Waals surface area contributed by atoms with Gasteiger partial charge in [0.2, 0.25) is 6.79 Å². The van der Waals surface area contributed by atoms with E-state index < -0.39 is 17.8 Å². The summed E-state index contributed by atoms with van der Waals surface area (Å²) < 4.78 is 50.2. The zero-order valence-electron chi connectivity index (χ0n) is 20.1. The van der Waals surface area contributed by atoms with Crippen molar-refractivity contribution in [2.75, 3.05) is 48.5 Å². The summed E-state index contributed by atoms with van der Waals surface area (Å²) in [6.07, 6.45) is -2.42. The molecule has 0 unspecified atom stereocenters. The van der Waals surface area contributed by atoms with E-state index >= 15 is 0 Å². The van der Waals surface area contributed by atoms with E-state index in [1.165, 1.54) is 24.4 Å². The smallest absolute Gasteiger partial charge is 0.418 e. The van der Waals surface area contributed by atoms with Crippen molar-refractivity contribution in [2.45, 2.75) is 12.6 Å². The number of hydrogen-bond acceptors (Lipinski definition) is 6. The second kappa shape index (κ2) is 10.5. The summed E-state index contributed by atoms with van der Waals surface area (Å²) in [4.78, 5) is 33.6. The highest BCUT2D eigenvalue weighted by atomic mass is 19.4. The number of pyridine rings is 1. The molecule has 3 heterocycles. The normalized spacial score (nSPS) is 15.1. The highest BCUT2D eigenvalue weighted by Gasteiger charge is 2.33. The van der Waals surface area contributed by atoms with Gasteiger partial charge >= 0.3 is 12.2 Å². The molecule has 2 N–H and O–H groups in total. The summed E-state index contributed by atoms with van der Waals surface area (Å²) in [5.74, 6) is 1.76. The van der Waals surface area contributed by atoms with Crippen molar-refractivity contribution in [1.82, 2.24) is 9.88 Å². The van der Waals surface area contributed by atoms with Crippen molar-refractivity contribution >= 4 is 29.1 Å². The van der Waals surface area contributed by atoms with E-state index in [0.29, 0.717) is 54.7 Å². The van der Waals surface area contributed by atoms with E-state index in [4.69, 9.17) is 9.47 Å². The topological polar surface area (TPSA) is 96.0 Å². The van der Waals surface area contributed by atoms with Crippen LogP contribution in [-0.2, 0) is 6.18 Å². The second-order valence-electron chi connectivity index (χ2n) is 8.73. The third kappa shape index (κ3) is 5.58. The van der Waals surface area contributed by atoms with Gasteiger partial charge in [0, 0.05) is 31.7 Å². The number of ether oxygens (including phenoxy) is 2. The molecule has 1 saturated heterocycles. The first-order valence-corrected chi connectivity index (χ1v) is 11.9. The van der Waals surface area contributed by atoms with Crippen LogP contribution in [0.1, 0.15) is 22.3 Å². The Balaban J connectivity index is 1.17. The average molecular weight is 528 g/mol. The summed E-state index contributed by atoms with van der Waals surface area (Å²) in [5.41, 5.74) is -0.417. The van der Waals surface area contributed by atoms with Crippen LogP contribution < -0.4 is 25.0 Å². The van der Waals surface area contributed by atoms with Gasteiger partial charge < -0.3 is 29.9 Å². The molecule has 0 aliphatic carbocycles. The fourth-order valence-electron chi connectivity index (χ4n) is 4.33. The molecule has 0 bridgehead atoms. The average Bonchev–Trinajstić information content (AvgIpc) is 3.23. The highest BCUT2D eigenvalue weighted by molar-refractivity contribution is 6.00. The number of carbonyl (C=O) groups is 2. The molecule has 12 heteroatoms. The van der Waals surface area contributed by atoms with Crippen molar-refractivity contribution in [1.29, 1.82) is 0 Å². The Morgan fingerprint density at radius 1 is 0.895 bits per heavy atom. The molecule has 3 amide bonds. The van der Waals surface area contributed by atoms with Crippen LogP contribution in [0.15, 0.2) is 60.8 Å². The monoisotopic (exact) mass is 527 g/mol. The number of nitrogens with zero attached hydrogens (tertiary/aromatic N) is 3. The molecule has 1 fully saturated rings. The minimum atomic E-state index is -4.59. The molecule has 1 aromatic heterocycles. The van der Waals surface area contributed by atoms with E-state index in [9.17, 15) is 22.8 Å². The number of hydrogen-bond donors (Lipinski definition) is 2. The van der Waals surface area contributed by atoms with Gasteiger partial charge in [-0.3, -0.25) is 4.79 Å². The number of alkyl halides is 3. The summed E-state index contributed by atoms with van der Waals surface area (Å²) in [6.45, 7) is 2.47. The number of halogens is 3. The fourth-order valence-corrected chi connectivity index (χ4v) is 4.33. The Morgan fingerprint density at radius 2 is 1.71 bits per heavy atom. The lowest BCUT2D eigenvalue weighted by Crippen LogP contribution is -2.35. The van der Waals surface area contributed by atoms with Gasteiger partial charge in [0.15, 0.2) is 11.5 Å². The van der Waals surface area contributed by atoms with E-state index in [2.05, 4.69) is 15.6 Å². The number of carbonyl (C=O) groups excluding carboxylic acids is 2. The van der Waals surface area contributed by atoms with Gasteiger partial charge in [0.1, 0.15) is 5.82 Å². The van der Waals surface area contributed by atoms with E-state index in [1.807, 2.05) is 4.90 Å². The summed E-state index contributed by atoms with van der Waals surface area (Å²) >= 11 is 0. The predicted octanol–water partition coefficient (Wildman–Crippen LogP) is 4.83. The molecule has 0 atom stereocenters. The molecule has 0 radical (unpaired) electrons. The van der Waals surface area contributed by atoms with Gasteiger partial charge in [-0.25, -0.2) is 9.78 Å². The van der Waals surface area contributed by atoms with Crippen molar-refractivity contribution in [3.05, 3.63) is 71.9 Å². The lowest BCUT2D eigenvalue weighted by atomic mass is 10.1. The molecule has 2 aliphatic rings. The van der Waals surface area contributed by atoms with Crippen molar-refractivity contribution in [3.8, 4) is 11.5 Å². The van der Waals surface area contributed by atoms with Crippen LogP contribution in [0.3, 0.4) is 0 Å². The number of para-hydroxylation sites is 1. The summed E-state index contributed by atoms with van der Waals surface area (Å²) in [6, 6.07) is 12.4. The van der Waals surface area contributed by atoms with E-state index in [0.717, 1.165) is 12.5 Å². The van der Waals surface area contributed by atoms with E-state index in [-0.39, 0.29) is 18.4 Å². The molecule has 0 spiro atoms. The summed E-state index contributed by atoms with van der Waals surface area (Å²) in [5, 5.41) is 4.73. The zero-order valence-corrected chi connectivity index (χ0v) is 20.1. The van der Waals surface area contributed by atoms with Gasteiger partial charge in [-0.05, 0) is 48.9 Å². The van der Waals surface area contributed by atoms with Crippen LogP contribution in [0.2, 0.25) is 0 Å². The maximum absolute atomic E-state index is 13.2. The molecule has 0 saturated carbocycles. The molecule has 3 aromatic rings. The van der Waals surface area contributed by atoms with Crippen LogP contribution in [0.4, 0.5) is 35.2 Å². The van der Waals surface area contributed by atoms with Crippen molar-refractivity contribution in [3.63, 3.8) is 0 Å². The SMILES string of the molecule is O=C(Nc1ccc(N2CCCN(C(=O)c3ccc4c(c3)OCO4)CC2)nc1)Nc1ccccc1C(F)(F)F. The van der Waals surface area contributed by atoms with Crippen LogP contribution in [0.5, 0.6) is 11.5 Å². The standard InChI is InChI=1S/C26H24F3N5O4/c27-26(28,29)19-4-1-2-5-20(19)32-25(36)31-18-7-9-23(30-15-18)33-10-3-11-34(13-12-33)24(35)17-6-8-21-22(14-17)38-16-37-21/h1-2,4-9,14-15H,3,10-13,16H2,(H2,31,32,36). The number of urea groups is 1. The Morgan fingerprint density at radius 3 is 2.50 bits per heavy atom. The molecule has 2 aromatic carbocycles. The molecule has 9 nitrogen and oxygen atoms in total. The lowest BCUT2D eigenvalue weighted by Gasteiger charge is -2.23. The minimum absolute atomic E-state index is 0.0873. The largest absolute Gasteiger partial charge is 0.454 e. The first-order chi connectivity index (χ1) is 18.3. The minimum Gasteiger partial charge on any atom is -0.454 e. The Bertz CT molecular complexity index is 1330. The third-order valence-corrected chi connectivity index (χ3v) is 6.21. The van der Waals surface area contributed by atoms with Gasteiger partial charge in [-0.15, -0.1) is 0 Å². The van der Waals surface area contributed by atoms with Gasteiger partial charge in [-0.2, -0.15) is 13.2 Å². The Hall–Kier alpha value is -4.48. The van der Waals surface area contributed by atoms with Crippen LogP contribution in [-0.4, -0.2) is 54.8 Å². The van der Waals surface area contributed by atoms with Gasteiger partial charge in [0.05, 0.1) is 23.1 Å². The van der Waals surface area contributed by atoms with Crippen LogP contribution in [0.25, 0.3) is 0 Å². The van der Waals surface area contributed by atoms with Crippen molar-refractivity contribution in [2.24, 2.45) is 0 Å². The number of fused-ring (bicyclic) bond motifs is 1. The zero-order chi connectivity index (χ0) is 26.7. The molecule has 5 rings (SSSR count).